The van der Waals surface area contributed by atoms with Crippen LogP contribution >= 0.6 is 0 Å². The molecule has 0 amide bonds. The van der Waals surface area contributed by atoms with Gasteiger partial charge in [-0.2, -0.15) is 4.31 Å². The third kappa shape index (κ3) is 2.36. The van der Waals surface area contributed by atoms with Crippen molar-refractivity contribution in [2.24, 2.45) is 7.05 Å². The highest BCUT2D eigenvalue weighted by Crippen LogP contribution is 2.23. The summed E-state index contributed by atoms with van der Waals surface area (Å²) in [5.74, 6) is 0. The summed E-state index contributed by atoms with van der Waals surface area (Å²) in [6.45, 7) is 0.330. The number of aromatic nitrogens is 2. The number of nitrogens with zero attached hydrogens (tertiary/aromatic N) is 3. The number of hydrogen-bond acceptors (Lipinski definition) is 4. The molecule has 96 valence electrons. The Hall–Kier alpha value is -0.920. The minimum atomic E-state index is -3.56. The van der Waals surface area contributed by atoms with Gasteiger partial charge in [-0.3, -0.25) is 0 Å². The van der Waals surface area contributed by atoms with E-state index < -0.39 is 10.0 Å². The molecule has 0 spiro atoms. The lowest BCUT2D eigenvalue weighted by molar-refractivity contribution is 0.155. The Morgan fingerprint density at radius 3 is 2.88 bits per heavy atom. The summed E-state index contributed by atoms with van der Waals surface area (Å²) in [5.41, 5.74) is 0. The van der Waals surface area contributed by atoms with Crippen molar-refractivity contribution < 1.29 is 13.5 Å². The van der Waals surface area contributed by atoms with Gasteiger partial charge in [0.2, 0.25) is 0 Å². The van der Waals surface area contributed by atoms with E-state index in [0.717, 1.165) is 12.8 Å². The van der Waals surface area contributed by atoms with Gasteiger partial charge in [0.25, 0.3) is 10.0 Å². The highest BCUT2D eigenvalue weighted by Gasteiger charge is 2.34. The van der Waals surface area contributed by atoms with Gasteiger partial charge >= 0.3 is 0 Å². The molecule has 0 bridgehead atoms. The van der Waals surface area contributed by atoms with Crippen LogP contribution in [0.3, 0.4) is 0 Å². The lowest BCUT2D eigenvalue weighted by Gasteiger charge is -2.32. The van der Waals surface area contributed by atoms with Gasteiger partial charge in [0.05, 0.1) is 12.9 Å². The molecular weight excluding hydrogens is 242 g/mol. The largest absolute Gasteiger partial charge is 0.395 e. The normalized spacial score (nSPS) is 22.8. The Labute approximate surface area is 101 Å². The van der Waals surface area contributed by atoms with E-state index in [-0.39, 0.29) is 17.7 Å². The second-order valence-electron chi connectivity index (χ2n) is 4.33. The molecular formula is C10H17N3O3S. The topological polar surface area (TPSA) is 75.4 Å². The van der Waals surface area contributed by atoms with Crippen molar-refractivity contribution in [3.8, 4) is 0 Å². The molecule has 1 aliphatic rings. The summed E-state index contributed by atoms with van der Waals surface area (Å²) < 4.78 is 27.6. The monoisotopic (exact) mass is 259 g/mol. The van der Waals surface area contributed by atoms with Crippen LogP contribution in [0, 0.1) is 0 Å². The molecule has 0 aromatic carbocycles. The fourth-order valence-electron chi connectivity index (χ4n) is 2.12. The van der Waals surface area contributed by atoms with Crippen LogP contribution < -0.4 is 0 Å². The zero-order valence-corrected chi connectivity index (χ0v) is 10.6. The molecule has 1 atom stereocenters. The molecule has 1 unspecified atom stereocenters. The number of hydrogen-bond donors (Lipinski definition) is 1. The Morgan fingerprint density at radius 1 is 1.53 bits per heavy atom. The molecule has 2 heterocycles. The van der Waals surface area contributed by atoms with Gasteiger partial charge in [-0.1, -0.05) is 6.42 Å². The lowest BCUT2D eigenvalue weighted by Crippen LogP contribution is -2.45. The van der Waals surface area contributed by atoms with Crippen LogP contribution in [-0.4, -0.2) is 46.6 Å². The SMILES string of the molecule is Cn1cnc(S(=O)(=O)N2CCCCC2CO)c1. The maximum atomic E-state index is 12.3. The van der Waals surface area contributed by atoms with Crippen molar-refractivity contribution in [2.45, 2.75) is 30.3 Å². The molecule has 6 nitrogen and oxygen atoms in total. The third-order valence-corrected chi connectivity index (χ3v) is 4.88. The number of sulfonamides is 1. The van der Waals surface area contributed by atoms with Crippen molar-refractivity contribution in [3.05, 3.63) is 12.5 Å². The fraction of sp³-hybridized carbons (Fsp3) is 0.700. The standard InChI is InChI=1S/C10H17N3O3S/c1-12-6-10(11-8-12)17(15,16)13-5-3-2-4-9(13)7-14/h6,8-9,14H,2-5,7H2,1H3. The predicted molar refractivity (Wildman–Crippen MR) is 61.8 cm³/mol. The summed E-state index contributed by atoms with van der Waals surface area (Å²) in [4.78, 5) is 3.88. The van der Waals surface area contributed by atoms with Crippen LogP contribution in [0.15, 0.2) is 17.6 Å². The van der Waals surface area contributed by atoms with Crippen molar-refractivity contribution in [1.82, 2.24) is 13.9 Å². The molecule has 7 heteroatoms. The van der Waals surface area contributed by atoms with Crippen LogP contribution in [0.25, 0.3) is 0 Å². The van der Waals surface area contributed by atoms with E-state index in [1.165, 1.54) is 16.8 Å². The summed E-state index contributed by atoms with van der Waals surface area (Å²) in [6.07, 6.45) is 5.45. The summed E-state index contributed by atoms with van der Waals surface area (Å²) in [5, 5.41) is 9.30. The van der Waals surface area contributed by atoms with Gasteiger partial charge in [0.15, 0.2) is 5.03 Å². The number of aliphatic hydroxyl groups excluding tert-OH is 1. The number of aliphatic hydroxyl groups is 1. The Bertz CT molecular complexity index is 483. The second kappa shape index (κ2) is 4.75. The van der Waals surface area contributed by atoms with Gasteiger partial charge in [0.1, 0.15) is 0 Å². The quantitative estimate of drug-likeness (QED) is 0.826. The van der Waals surface area contributed by atoms with Crippen molar-refractivity contribution in [3.63, 3.8) is 0 Å². The predicted octanol–water partition coefficient (Wildman–Crippen LogP) is -0.0444. The maximum Gasteiger partial charge on any atom is 0.262 e. The summed E-state index contributed by atoms with van der Waals surface area (Å²) in [6, 6.07) is -0.309. The number of piperidine rings is 1. The number of imidazole rings is 1. The van der Waals surface area contributed by atoms with Gasteiger partial charge in [-0.15, -0.1) is 0 Å². The van der Waals surface area contributed by atoms with Gasteiger partial charge in [-0.05, 0) is 12.8 Å². The number of rotatable bonds is 3. The molecule has 1 saturated heterocycles. The maximum absolute atomic E-state index is 12.3. The molecule has 1 aliphatic heterocycles. The van der Waals surface area contributed by atoms with Crippen molar-refractivity contribution in [1.29, 1.82) is 0 Å². The highest BCUT2D eigenvalue weighted by atomic mass is 32.2. The van der Waals surface area contributed by atoms with Gasteiger partial charge in [0, 0.05) is 25.8 Å². The molecule has 1 aromatic heterocycles. The first-order valence-electron chi connectivity index (χ1n) is 5.66. The van der Waals surface area contributed by atoms with Crippen molar-refractivity contribution >= 4 is 10.0 Å². The Kier molecular flexibility index (Phi) is 3.50. The smallest absolute Gasteiger partial charge is 0.262 e. The summed E-state index contributed by atoms with van der Waals surface area (Å²) >= 11 is 0. The molecule has 1 aromatic rings. The zero-order chi connectivity index (χ0) is 12.5. The van der Waals surface area contributed by atoms with Crippen LogP contribution in [-0.2, 0) is 17.1 Å². The van der Waals surface area contributed by atoms with E-state index in [1.54, 1.807) is 11.6 Å². The first kappa shape index (κ1) is 12.5. The summed E-state index contributed by atoms with van der Waals surface area (Å²) in [7, 11) is -1.83. The van der Waals surface area contributed by atoms with E-state index in [1.807, 2.05) is 0 Å². The first-order valence-corrected chi connectivity index (χ1v) is 7.10. The first-order chi connectivity index (χ1) is 8.05. The molecule has 1 fully saturated rings. The molecule has 0 saturated carbocycles. The van der Waals surface area contributed by atoms with Gasteiger partial charge in [-0.25, -0.2) is 13.4 Å². The minimum absolute atomic E-state index is 0.0559. The zero-order valence-electron chi connectivity index (χ0n) is 9.78. The molecule has 17 heavy (non-hydrogen) atoms. The third-order valence-electron chi connectivity index (χ3n) is 3.04. The van der Waals surface area contributed by atoms with Crippen molar-refractivity contribution in [2.75, 3.05) is 13.2 Å². The van der Waals surface area contributed by atoms with Crippen LogP contribution in [0.2, 0.25) is 0 Å². The lowest BCUT2D eigenvalue weighted by atomic mass is 10.1. The average molecular weight is 259 g/mol. The Balaban J connectivity index is 2.30. The van der Waals surface area contributed by atoms with Crippen LogP contribution in [0.5, 0.6) is 0 Å². The number of aryl methyl sites for hydroxylation is 1. The van der Waals surface area contributed by atoms with E-state index >= 15 is 0 Å². The second-order valence-corrected chi connectivity index (χ2v) is 6.16. The Morgan fingerprint density at radius 2 is 2.29 bits per heavy atom. The molecule has 0 radical (unpaired) electrons. The van der Waals surface area contributed by atoms with Crippen LogP contribution in [0.1, 0.15) is 19.3 Å². The molecule has 0 aliphatic carbocycles. The molecule has 1 N–H and O–H groups in total. The van der Waals surface area contributed by atoms with E-state index in [4.69, 9.17) is 0 Å². The van der Waals surface area contributed by atoms with Crippen LogP contribution in [0.4, 0.5) is 0 Å². The fourth-order valence-corrected chi connectivity index (χ4v) is 3.77. The van der Waals surface area contributed by atoms with E-state index in [0.29, 0.717) is 13.0 Å². The minimum Gasteiger partial charge on any atom is -0.395 e. The van der Waals surface area contributed by atoms with E-state index in [9.17, 15) is 13.5 Å². The van der Waals surface area contributed by atoms with Gasteiger partial charge < -0.3 is 9.67 Å². The van der Waals surface area contributed by atoms with E-state index in [2.05, 4.69) is 4.98 Å². The highest BCUT2D eigenvalue weighted by molar-refractivity contribution is 7.89. The average Bonchev–Trinajstić information content (AvgIpc) is 2.76. The molecule has 2 rings (SSSR count).